The summed E-state index contributed by atoms with van der Waals surface area (Å²) in [4.78, 5) is 3.94. The average Bonchev–Trinajstić information content (AvgIpc) is 2.04. The van der Waals surface area contributed by atoms with Gasteiger partial charge in [0.05, 0.1) is 13.3 Å². The molecule has 0 bridgehead atoms. The molecule has 0 unspecified atom stereocenters. The van der Waals surface area contributed by atoms with E-state index in [9.17, 15) is 0 Å². The van der Waals surface area contributed by atoms with Crippen LogP contribution in [0.1, 0.15) is 5.56 Å². The van der Waals surface area contributed by atoms with Crippen LogP contribution in [0.25, 0.3) is 6.08 Å². The quantitative estimate of drug-likeness (QED) is 0.754. The minimum absolute atomic E-state index is 0.731. The second-order valence-electron chi connectivity index (χ2n) is 1.94. The van der Waals surface area contributed by atoms with Gasteiger partial charge in [0.25, 0.3) is 0 Å². The Balaban J connectivity index is 3.24. The van der Waals surface area contributed by atoms with E-state index in [0.29, 0.717) is 0 Å². The van der Waals surface area contributed by atoms with Gasteiger partial charge in [-0.25, -0.2) is 0 Å². The second-order valence-corrected chi connectivity index (χ2v) is 2.80. The molecule has 0 fully saturated rings. The molecule has 1 aromatic rings. The van der Waals surface area contributed by atoms with Gasteiger partial charge in [-0.15, -0.1) is 0 Å². The molecule has 58 valence electrons. The fourth-order valence-electron chi connectivity index (χ4n) is 0.788. The van der Waals surface area contributed by atoms with Gasteiger partial charge >= 0.3 is 0 Å². The van der Waals surface area contributed by atoms with Crippen molar-refractivity contribution in [1.82, 2.24) is 4.98 Å². The molecule has 2 nitrogen and oxygen atoms in total. The van der Waals surface area contributed by atoms with E-state index in [0.717, 1.165) is 15.8 Å². The largest absolute Gasteiger partial charge is 0.494 e. The van der Waals surface area contributed by atoms with Crippen LogP contribution in [0, 0.1) is 0 Å². The minimum atomic E-state index is 0.731. The molecule has 0 aliphatic carbocycles. The summed E-state index contributed by atoms with van der Waals surface area (Å²) in [5, 5.41) is 0. The summed E-state index contributed by atoms with van der Waals surface area (Å²) in [6.45, 7) is 3.66. The third-order valence-corrected chi connectivity index (χ3v) is 1.96. The van der Waals surface area contributed by atoms with Gasteiger partial charge in [0.15, 0.2) is 0 Å². The van der Waals surface area contributed by atoms with Crippen molar-refractivity contribution in [3.05, 3.63) is 29.0 Å². The van der Waals surface area contributed by atoms with Gasteiger partial charge in [-0.3, -0.25) is 4.98 Å². The first kappa shape index (κ1) is 8.27. The number of hydrogen-bond acceptors (Lipinski definition) is 2. The highest BCUT2D eigenvalue weighted by Gasteiger charge is 2.02. The van der Waals surface area contributed by atoms with Gasteiger partial charge in [-0.2, -0.15) is 0 Å². The van der Waals surface area contributed by atoms with Gasteiger partial charge in [-0.1, -0.05) is 12.7 Å². The second kappa shape index (κ2) is 3.53. The number of nitrogens with zero attached hydrogens (tertiary/aromatic N) is 1. The first-order valence-corrected chi connectivity index (χ1v) is 3.89. The standard InChI is InChI=1S/C8H8BrNO/c1-3-6-7(9)4-10-5-8(6)11-2/h3-5H,1H2,2H3. The zero-order chi connectivity index (χ0) is 8.27. The van der Waals surface area contributed by atoms with E-state index in [4.69, 9.17) is 4.74 Å². The fraction of sp³-hybridized carbons (Fsp3) is 0.125. The van der Waals surface area contributed by atoms with E-state index < -0.39 is 0 Å². The van der Waals surface area contributed by atoms with Crippen LogP contribution in [-0.4, -0.2) is 12.1 Å². The van der Waals surface area contributed by atoms with Crippen LogP contribution in [0.5, 0.6) is 5.75 Å². The highest BCUT2D eigenvalue weighted by atomic mass is 79.9. The zero-order valence-corrected chi connectivity index (χ0v) is 7.76. The third-order valence-electron chi connectivity index (χ3n) is 1.33. The van der Waals surface area contributed by atoms with E-state index in [-0.39, 0.29) is 0 Å². The predicted molar refractivity (Wildman–Crippen MR) is 48.6 cm³/mol. The molecule has 0 aromatic carbocycles. The number of aromatic nitrogens is 1. The molecular weight excluding hydrogens is 206 g/mol. The Kier molecular flexibility index (Phi) is 2.65. The van der Waals surface area contributed by atoms with Crippen molar-refractivity contribution in [2.45, 2.75) is 0 Å². The molecule has 0 amide bonds. The molecule has 1 aromatic heterocycles. The molecule has 0 spiro atoms. The number of ether oxygens (including phenoxy) is 1. The molecule has 0 aliphatic rings. The summed E-state index contributed by atoms with van der Waals surface area (Å²) in [5.41, 5.74) is 0.933. The number of halogens is 1. The SMILES string of the molecule is C=Cc1c(Br)cncc1OC. The van der Waals surface area contributed by atoms with Crippen molar-refractivity contribution in [2.24, 2.45) is 0 Å². The first-order valence-electron chi connectivity index (χ1n) is 3.09. The summed E-state index contributed by atoms with van der Waals surface area (Å²) in [7, 11) is 1.61. The highest BCUT2D eigenvalue weighted by molar-refractivity contribution is 9.10. The molecule has 0 atom stereocenters. The Morgan fingerprint density at radius 3 is 2.82 bits per heavy atom. The lowest BCUT2D eigenvalue weighted by Crippen LogP contribution is -1.88. The normalized spacial score (nSPS) is 9.27. The van der Waals surface area contributed by atoms with Crippen molar-refractivity contribution in [2.75, 3.05) is 7.11 Å². The van der Waals surface area contributed by atoms with E-state index in [1.54, 1.807) is 25.6 Å². The van der Waals surface area contributed by atoms with E-state index in [1.165, 1.54) is 0 Å². The Morgan fingerprint density at radius 1 is 1.64 bits per heavy atom. The van der Waals surface area contributed by atoms with Crippen molar-refractivity contribution < 1.29 is 4.74 Å². The number of rotatable bonds is 2. The van der Waals surface area contributed by atoms with Crippen molar-refractivity contribution in [3.63, 3.8) is 0 Å². The fourth-order valence-corrected chi connectivity index (χ4v) is 1.26. The summed E-state index contributed by atoms with van der Waals surface area (Å²) in [6, 6.07) is 0. The molecular formula is C8H8BrNO. The van der Waals surface area contributed by atoms with Crippen LogP contribution < -0.4 is 4.74 Å². The Morgan fingerprint density at radius 2 is 2.36 bits per heavy atom. The van der Waals surface area contributed by atoms with Gasteiger partial charge in [0.2, 0.25) is 0 Å². The minimum Gasteiger partial charge on any atom is -0.494 e. The molecule has 0 aliphatic heterocycles. The van der Waals surface area contributed by atoms with E-state index in [1.807, 2.05) is 0 Å². The summed E-state index contributed by atoms with van der Waals surface area (Å²) >= 11 is 3.33. The van der Waals surface area contributed by atoms with Crippen molar-refractivity contribution in [3.8, 4) is 5.75 Å². The summed E-state index contributed by atoms with van der Waals surface area (Å²) in [6.07, 6.45) is 5.09. The molecule has 0 saturated heterocycles. The Hall–Kier alpha value is -0.830. The van der Waals surface area contributed by atoms with Crippen LogP contribution in [-0.2, 0) is 0 Å². The smallest absolute Gasteiger partial charge is 0.145 e. The average molecular weight is 214 g/mol. The number of pyridine rings is 1. The maximum absolute atomic E-state index is 5.05. The van der Waals surface area contributed by atoms with Crippen LogP contribution >= 0.6 is 15.9 Å². The molecule has 3 heteroatoms. The maximum atomic E-state index is 5.05. The number of hydrogen-bond donors (Lipinski definition) is 0. The van der Waals surface area contributed by atoms with Crippen LogP contribution in [0.2, 0.25) is 0 Å². The summed E-state index contributed by atoms with van der Waals surface area (Å²) in [5.74, 6) is 0.731. The van der Waals surface area contributed by atoms with Gasteiger partial charge in [0.1, 0.15) is 5.75 Å². The lowest BCUT2D eigenvalue weighted by atomic mass is 10.2. The monoisotopic (exact) mass is 213 g/mol. The predicted octanol–water partition coefficient (Wildman–Crippen LogP) is 2.50. The Labute approximate surface area is 74.0 Å². The zero-order valence-electron chi connectivity index (χ0n) is 6.17. The van der Waals surface area contributed by atoms with E-state index in [2.05, 4.69) is 27.5 Å². The molecule has 0 N–H and O–H groups in total. The highest BCUT2D eigenvalue weighted by Crippen LogP contribution is 2.25. The molecule has 0 saturated carbocycles. The Bertz CT molecular complexity index is 273. The number of methoxy groups -OCH3 is 1. The lowest BCUT2D eigenvalue weighted by molar-refractivity contribution is 0.411. The summed E-state index contributed by atoms with van der Waals surface area (Å²) < 4.78 is 5.95. The topological polar surface area (TPSA) is 22.1 Å². The van der Waals surface area contributed by atoms with Crippen LogP contribution in [0.4, 0.5) is 0 Å². The first-order chi connectivity index (χ1) is 5.29. The maximum Gasteiger partial charge on any atom is 0.145 e. The van der Waals surface area contributed by atoms with Crippen LogP contribution in [0.3, 0.4) is 0 Å². The van der Waals surface area contributed by atoms with Gasteiger partial charge in [-0.05, 0) is 15.9 Å². The lowest BCUT2D eigenvalue weighted by Gasteiger charge is -2.04. The van der Waals surface area contributed by atoms with E-state index >= 15 is 0 Å². The molecule has 0 radical (unpaired) electrons. The molecule has 11 heavy (non-hydrogen) atoms. The van der Waals surface area contributed by atoms with Crippen molar-refractivity contribution >= 4 is 22.0 Å². The molecule has 1 heterocycles. The van der Waals surface area contributed by atoms with Crippen molar-refractivity contribution in [1.29, 1.82) is 0 Å². The molecule has 1 rings (SSSR count). The third kappa shape index (κ3) is 1.60. The van der Waals surface area contributed by atoms with Gasteiger partial charge in [0, 0.05) is 16.2 Å². The van der Waals surface area contributed by atoms with Crippen LogP contribution in [0.15, 0.2) is 23.4 Å². The van der Waals surface area contributed by atoms with Gasteiger partial charge < -0.3 is 4.74 Å².